The molecule has 0 aliphatic carbocycles. The lowest BCUT2D eigenvalue weighted by Gasteiger charge is -2.11. The summed E-state index contributed by atoms with van der Waals surface area (Å²) in [5, 5.41) is 10.9. The molecule has 3 aromatic rings. The SMILES string of the molecule is COc1ccccc1-c1nnc(SC(C)C(=O)Nc2ccccc2C)o1. The zero-order valence-corrected chi connectivity index (χ0v) is 15.5. The second-order valence-electron chi connectivity index (χ2n) is 5.64. The van der Waals surface area contributed by atoms with Crippen LogP contribution in [-0.4, -0.2) is 28.5 Å². The van der Waals surface area contributed by atoms with E-state index in [-0.39, 0.29) is 11.2 Å². The Labute approximate surface area is 156 Å². The van der Waals surface area contributed by atoms with Gasteiger partial charge in [0.1, 0.15) is 5.75 Å². The predicted molar refractivity (Wildman–Crippen MR) is 101 cm³/mol. The van der Waals surface area contributed by atoms with E-state index in [2.05, 4.69) is 15.5 Å². The van der Waals surface area contributed by atoms with Crippen molar-refractivity contribution in [2.24, 2.45) is 0 Å². The Bertz CT molecular complexity index is 910. The fourth-order valence-electron chi connectivity index (χ4n) is 2.34. The molecular formula is C19H19N3O3S. The van der Waals surface area contributed by atoms with Crippen LogP contribution in [0, 0.1) is 6.92 Å². The smallest absolute Gasteiger partial charge is 0.277 e. The van der Waals surface area contributed by atoms with Crippen LogP contribution >= 0.6 is 11.8 Å². The molecule has 1 N–H and O–H groups in total. The second kappa shape index (κ2) is 8.05. The van der Waals surface area contributed by atoms with Gasteiger partial charge in [-0.15, -0.1) is 10.2 Å². The summed E-state index contributed by atoms with van der Waals surface area (Å²) in [5.74, 6) is 0.885. The van der Waals surface area contributed by atoms with Crippen molar-refractivity contribution < 1.29 is 13.9 Å². The molecule has 1 heterocycles. The molecule has 134 valence electrons. The number of amides is 1. The first-order chi connectivity index (χ1) is 12.6. The molecule has 7 heteroatoms. The molecule has 0 radical (unpaired) electrons. The molecule has 1 atom stereocenters. The minimum Gasteiger partial charge on any atom is -0.496 e. The van der Waals surface area contributed by atoms with Crippen molar-refractivity contribution in [3.8, 4) is 17.2 Å². The molecule has 0 saturated heterocycles. The van der Waals surface area contributed by atoms with Crippen LogP contribution in [0.5, 0.6) is 5.75 Å². The first kappa shape index (κ1) is 18.0. The van der Waals surface area contributed by atoms with Crippen LogP contribution in [0.4, 0.5) is 5.69 Å². The standard InChI is InChI=1S/C19H19N3O3S/c1-12-8-4-6-10-15(12)20-17(23)13(2)26-19-22-21-18(25-19)14-9-5-7-11-16(14)24-3/h4-11,13H,1-3H3,(H,20,23). The van der Waals surface area contributed by atoms with Gasteiger partial charge in [0.15, 0.2) is 0 Å². The molecule has 1 amide bonds. The molecule has 0 bridgehead atoms. The van der Waals surface area contributed by atoms with Crippen molar-refractivity contribution in [3.63, 3.8) is 0 Å². The number of hydrogen-bond donors (Lipinski definition) is 1. The zero-order chi connectivity index (χ0) is 18.5. The number of rotatable bonds is 6. The van der Waals surface area contributed by atoms with Gasteiger partial charge >= 0.3 is 0 Å². The second-order valence-corrected chi connectivity index (χ2v) is 6.93. The first-order valence-corrected chi connectivity index (χ1v) is 8.96. The van der Waals surface area contributed by atoms with Gasteiger partial charge in [-0.3, -0.25) is 4.79 Å². The molecule has 0 fully saturated rings. The number of thioether (sulfide) groups is 1. The van der Waals surface area contributed by atoms with Crippen LogP contribution in [0.15, 0.2) is 58.2 Å². The number of nitrogens with zero attached hydrogens (tertiary/aromatic N) is 2. The molecule has 0 aliphatic rings. The third kappa shape index (κ3) is 4.05. The van der Waals surface area contributed by atoms with Gasteiger partial charge in [-0.25, -0.2) is 0 Å². The van der Waals surface area contributed by atoms with Gasteiger partial charge < -0.3 is 14.5 Å². The maximum atomic E-state index is 12.4. The predicted octanol–water partition coefficient (Wildman–Crippen LogP) is 4.17. The summed E-state index contributed by atoms with van der Waals surface area (Å²) in [5.41, 5.74) is 2.52. The van der Waals surface area contributed by atoms with Crippen LogP contribution in [0.2, 0.25) is 0 Å². The van der Waals surface area contributed by atoms with Crippen molar-refractivity contribution in [1.29, 1.82) is 0 Å². The Morgan fingerprint density at radius 3 is 2.65 bits per heavy atom. The monoisotopic (exact) mass is 369 g/mol. The Kier molecular flexibility index (Phi) is 5.58. The van der Waals surface area contributed by atoms with Crippen molar-refractivity contribution in [1.82, 2.24) is 10.2 Å². The van der Waals surface area contributed by atoms with Crippen molar-refractivity contribution >= 4 is 23.4 Å². The minimum absolute atomic E-state index is 0.124. The van der Waals surface area contributed by atoms with Crippen LogP contribution in [0.3, 0.4) is 0 Å². The van der Waals surface area contributed by atoms with Gasteiger partial charge in [-0.2, -0.15) is 0 Å². The van der Waals surface area contributed by atoms with E-state index in [0.717, 1.165) is 11.3 Å². The van der Waals surface area contributed by atoms with Crippen molar-refractivity contribution in [2.75, 3.05) is 12.4 Å². The molecule has 2 aromatic carbocycles. The van der Waals surface area contributed by atoms with Crippen molar-refractivity contribution in [3.05, 3.63) is 54.1 Å². The van der Waals surface area contributed by atoms with E-state index in [1.54, 1.807) is 14.0 Å². The van der Waals surface area contributed by atoms with E-state index in [0.29, 0.717) is 22.4 Å². The molecule has 26 heavy (non-hydrogen) atoms. The molecule has 3 rings (SSSR count). The summed E-state index contributed by atoms with van der Waals surface area (Å²) in [4.78, 5) is 12.4. The van der Waals surface area contributed by atoms with Gasteiger partial charge in [-0.1, -0.05) is 42.1 Å². The van der Waals surface area contributed by atoms with E-state index in [9.17, 15) is 4.79 Å². The zero-order valence-electron chi connectivity index (χ0n) is 14.7. The van der Waals surface area contributed by atoms with E-state index in [1.807, 2.05) is 55.5 Å². The summed E-state index contributed by atoms with van der Waals surface area (Å²) in [6.07, 6.45) is 0. The fraction of sp³-hybridized carbons (Fsp3) is 0.211. The number of aryl methyl sites for hydroxylation is 1. The lowest BCUT2D eigenvalue weighted by molar-refractivity contribution is -0.115. The molecular weight excluding hydrogens is 350 g/mol. The van der Waals surface area contributed by atoms with Crippen molar-refractivity contribution in [2.45, 2.75) is 24.3 Å². The average Bonchev–Trinajstić information content (AvgIpc) is 3.11. The first-order valence-electron chi connectivity index (χ1n) is 8.08. The molecule has 0 saturated carbocycles. The summed E-state index contributed by atoms with van der Waals surface area (Å²) < 4.78 is 11.0. The Balaban J connectivity index is 1.69. The number of nitrogens with one attached hydrogen (secondary N) is 1. The highest BCUT2D eigenvalue weighted by atomic mass is 32.2. The highest BCUT2D eigenvalue weighted by Gasteiger charge is 2.20. The maximum absolute atomic E-state index is 12.4. The largest absolute Gasteiger partial charge is 0.496 e. The summed E-state index contributed by atoms with van der Waals surface area (Å²) in [7, 11) is 1.59. The number of aromatic nitrogens is 2. The van der Waals surface area contributed by atoms with Gasteiger partial charge in [0, 0.05) is 5.69 Å². The summed E-state index contributed by atoms with van der Waals surface area (Å²) in [6.45, 7) is 3.75. The number of anilines is 1. The fourth-order valence-corrected chi connectivity index (χ4v) is 3.02. The van der Waals surface area contributed by atoms with Gasteiger partial charge in [-0.05, 0) is 37.6 Å². The molecule has 1 unspecified atom stereocenters. The highest BCUT2D eigenvalue weighted by molar-refractivity contribution is 8.00. The number of methoxy groups -OCH3 is 1. The normalized spacial score (nSPS) is 11.8. The van der Waals surface area contributed by atoms with Crippen LogP contribution in [0.1, 0.15) is 12.5 Å². The van der Waals surface area contributed by atoms with Crippen LogP contribution < -0.4 is 10.1 Å². The Morgan fingerprint density at radius 2 is 1.88 bits per heavy atom. The molecule has 0 aliphatic heterocycles. The maximum Gasteiger partial charge on any atom is 0.277 e. The van der Waals surface area contributed by atoms with Crippen LogP contribution in [-0.2, 0) is 4.79 Å². The number of para-hydroxylation sites is 2. The average molecular weight is 369 g/mol. The van der Waals surface area contributed by atoms with Gasteiger partial charge in [0.05, 0.1) is 17.9 Å². The lowest BCUT2D eigenvalue weighted by Crippen LogP contribution is -2.22. The van der Waals surface area contributed by atoms with E-state index < -0.39 is 0 Å². The molecule has 0 spiro atoms. The van der Waals surface area contributed by atoms with E-state index in [1.165, 1.54) is 11.8 Å². The third-order valence-electron chi connectivity index (χ3n) is 3.79. The minimum atomic E-state index is -0.388. The van der Waals surface area contributed by atoms with Crippen LogP contribution in [0.25, 0.3) is 11.5 Å². The number of ether oxygens (including phenoxy) is 1. The Hall–Kier alpha value is -2.80. The summed E-state index contributed by atoms with van der Waals surface area (Å²) >= 11 is 1.21. The molecule has 6 nitrogen and oxygen atoms in total. The number of hydrogen-bond acceptors (Lipinski definition) is 6. The van der Waals surface area contributed by atoms with E-state index >= 15 is 0 Å². The highest BCUT2D eigenvalue weighted by Crippen LogP contribution is 2.31. The van der Waals surface area contributed by atoms with Gasteiger partial charge in [0.2, 0.25) is 5.91 Å². The molecule has 1 aromatic heterocycles. The quantitative estimate of drug-likeness (QED) is 0.657. The Morgan fingerprint density at radius 1 is 1.15 bits per heavy atom. The third-order valence-corrected chi connectivity index (χ3v) is 4.73. The summed E-state index contributed by atoms with van der Waals surface area (Å²) in [6, 6.07) is 15.0. The number of carbonyl (C=O) groups is 1. The van der Waals surface area contributed by atoms with Gasteiger partial charge in [0.25, 0.3) is 11.1 Å². The number of carbonyl (C=O) groups excluding carboxylic acids is 1. The van der Waals surface area contributed by atoms with E-state index in [4.69, 9.17) is 9.15 Å². The number of benzene rings is 2. The lowest BCUT2D eigenvalue weighted by atomic mass is 10.2. The topological polar surface area (TPSA) is 77.2 Å².